The van der Waals surface area contributed by atoms with E-state index in [9.17, 15) is 0 Å². The standard InChI is InChI=1S/C10H24N4.Cr.2H2O/c1-3-11-7-9-13-5-2-6-14-10-8-12-4-1;;;/h11-14H,1-10H2;;2*1H2/q;+4;;. The molecule has 1 aliphatic heterocycles. The monoisotopic (exact) mass is 288 g/mol. The van der Waals surface area contributed by atoms with Gasteiger partial charge in [0.15, 0.2) is 0 Å². The Morgan fingerprint density at radius 3 is 0.882 bits per heavy atom. The van der Waals surface area contributed by atoms with E-state index in [1.807, 2.05) is 0 Å². The maximum absolute atomic E-state index is 3.42. The van der Waals surface area contributed by atoms with Crippen LogP contribution in [0, 0.1) is 0 Å². The van der Waals surface area contributed by atoms with E-state index in [0.717, 1.165) is 52.4 Å². The molecule has 0 aromatic heterocycles. The second-order valence-corrected chi connectivity index (χ2v) is 3.71. The van der Waals surface area contributed by atoms with Crippen molar-refractivity contribution in [3.05, 3.63) is 0 Å². The third-order valence-electron chi connectivity index (χ3n) is 2.37. The maximum atomic E-state index is 3.42. The van der Waals surface area contributed by atoms with Crippen molar-refractivity contribution in [2.45, 2.75) is 12.8 Å². The van der Waals surface area contributed by atoms with Crippen LogP contribution in [0.2, 0.25) is 0 Å². The summed E-state index contributed by atoms with van der Waals surface area (Å²) in [4.78, 5) is 0. The summed E-state index contributed by atoms with van der Waals surface area (Å²) in [6.07, 6.45) is 2.44. The molecule has 0 aliphatic carbocycles. The van der Waals surface area contributed by atoms with Crippen LogP contribution >= 0.6 is 0 Å². The van der Waals surface area contributed by atoms with Crippen molar-refractivity contribution in [3.8, 4) is 0 Å². The molecule has 1 rings (SSSR count). The average Bonchev–Trinajstić information content (AvgIpc) is 2.22. The summed E-state index contributed by atoms with van der Waals surface area (Å²) in [5.74, 6) is 0. The van der Waals surface area contributed by atoms with Crippen molar-refractivity contribution in [1.82, 2.24) is 21.3 Å². The van der Waals surface area contributed by atoms with Gasteiger partial charge < -0.3 is 32.2 Å². The summed E-state index contributed by atoms with van der Waals surface area (Å²) in [6, 6.07) is 0. The summed E-state index contributed by atoms with van der Waals surface area (Å²) < 4.78 is 0. The molecule has 8 N–H and O–H groups in total. The molecule has 0 saturated carbocycles. The van der Waals surface area contributed by atoms with E-state index in [2.05, 4.69) is 21.3 Å². The van der Waals surface area contributed by atoms with Crippen LogP contribution in [-0.2, 0) is 17.4 Å². The minimum atomic E-state index is 0. The summed E-state index contributed by atoms with van der Waals surface area (Å²) in [5, 5.41) is 13.7. The van der Waals surface area contributed by atoms with Gasteiger partial charge >= 0.3 is 17.4 Å². The van der Waals surface area contributed by atoms with Crippen LogP contribution in [-0.4, -0.2) is 63.3 Å². The zero-order valence-corrected chi connectivity index (χ0v) is 11.8. The summed E-state index contributed by atoms with van der Waals surface area (Å²) in [6.45, 7) is 8.87. The first-order valence-corrected chi connectivity index (χ1v) is 5.83. The molecule has 0 radical (unpaired) electrons. The van der Waals surface area contributed by atoms with Gasteiger partial charge in [-0.1, -0.05) is 0 Å². The fraction of sp³-hybridized carbons (Fsp3) is 1.00. The fourth-order valence-electron chi connectivity index (χ4n) is 1.53. The molecule has 1 aliphatic rings. The van der Waals surface area contributed by atoms with E-state index in [1.54, 1.807) is 0 Å². The van der Waals surface area contributed by atoms with Crippen molar-refractivity contribution in [2.24, 2.45) is 0 Å². The number of nitrogens with one attached hydrogen (secondary N) is 4. The van der Waals surface area contributed by atoms with Crippen LogP contribution < -0.4 is 21.3 Å². The Morgan fingerprint density at radius 1 is 0.412 bits per heavy atom. The average molecular weight is 288 g/mol. The number of hydrogen-bond donors (Lipinski definition) is 4. The molecule has 0 bridgehead atoms. The molecule has 0 aromatic rings. The molecule has 0 aromatic carbocycles. The van der Waals surface area contributed by atoms with Crippen molar-refractivity contribution in [2.75, 3.05) is 52.4 Å². The van der Waals surface area contributed by atoms with Gasteiger partial charge in [-0.2, -0.15) is 0 Å². The Bertz CT molecular complexity index is 79.6. The van der Waals surface area contributed by atoms with Gasteiger partial charge in [0.2, 0.25) is 0 Å². The summed E-state index contributed by atoms with van der Waals surface area (Å²) in [5.41, 5.74) is 0. The third kappa shape index (κ3) is 16.3. The van der Waals surface area contributed by atoms with E-state index in [0.29, 0.717) is 0 Å². The molecular formula is C10H28CrN4O2+4. The van der Waals surface area contributed by atoms with Crippen LogP contribution in [0.15, 0.2) is 0 Å². The van der Waals surface area contributed by atoms with Crippen molar-refractivity contribution in [3.63, 3.8) is 0 Å². The number of hydrogen-bond acceptors (Lipinski definition) is 4. The van der Waals surface area contributed by atoms with Gasteiger partial charge in [-0.25, -0.2) is 0 Å². The van der Waals surface area contributed by atoms with Gasteiger partial charge in [0, 0.05) is 26.2 Å². The van der Waals surface area contributed by atoms with Crippen LogP contribution in [0.5, 0.6) is 0 Å². The van der Waals surface area contributed by atoms with Crippen LogP contribution in [0.1, 0.15) is 12.8 Å². The van der Waals surface area contributed by atoms with Crippen LogP contribution in [0.3, 0.4) is 0 Å². The molecule has 1 fully saturated rings. The molecule has 1 heterocycles. The Kier molecular flexibility index (Phi) is 24.7. The van der Waals surface area contributed by atoms with Gasteiger partial charge in [-0.15, -0.1) is 0 Å². The SMILES string of the molecule is C1CNCCNCCCNCCNC1.O.O.[Cr+4]. The van der Waals surface area contributed by atoms with E-state index >= 15 is 0 Å². The minimum Gasteiger partial charge on any atom is -0.412 e. The Labute approximate surface area is 115 Å². The second-order valence-electron chi connectivity index (χ2n) is 3.71. The Morgan fingerprint density at radius 2 is 0.647 bits per heavy atom. The van der Waals surface area contributed by atoms with Crippen LogP contribution in [0.25, 0.3) is 0 Å². The molecule has 7 heteroatoms. The van der Waals surface area contributed by atoms with Crippen molar-refractivity contribution < 1.29 is 28.3 Å². The van der Waals surface area contributed by atoms with E-state index in [1.165, 1.54) is 12.8 Å². The normalized spacial score (nSPS) is 19.8. The zero-order valence-electron chi connectivity index (χ0n) is 10.5. The second kappa shape index (κ2) is 18.7. The molecule has 0 spiro atoms. The molecule has 17 heavy (non-hydrogen) atoms. The first-order valence-electron chi connectivity index (χ1n) is 5.83. The predicted octanol–water partition coefficient (Wildman–Crippen LogP) is -2.51. The molecule has 102 valence electrons. The Hall–Kier alpha value is 0.292. The topological polar surface area (TPSA) is 111 Å². The van der Waals surface area contributed by atoms with Crippen molar-refractivity contribution in [1.29, 1.82) is 0 Å². The van der Waals surface area contributed by atoms with Gasteiger partial charge in [0.1, 0.15) is 0 Å². The quantitative estimate of drug-likeness (QED) is 0.394. The number of rotatable bonds is 0. The molecule has 0 atom stereocenters. The van der Waals surface area contributed by atoms with E-state index < -0.39 is 0 Å². The van der Waals surface area contributed by atoms with Crippen molar-refractivity contribution >= 4 is 0 Å². The summed E-state index contributed by atoms with van der Waals surface area (Å²) >= 11 is 0. The third-order valence-corrected chi connectivity index (χ3v) is 2.37. The van der Waals surface area contributed by atoms with Gasteiger partial charge in [0.05, 0.1) is 0 Å². The van der Waals surface area contributed by atoms with E-state index in [-0.39, 0.29) is 28.3 Å². The predicted molar refractivity (Wildman–Crippen MR) is 67.9 cm³/mol. The fourth-order valence-corrected chi connectivity index (χ4v) is 1.53. The summed E-state index contributed by atoms with van der Waals surface area (Å²) in [7, 11) is 0. The first-order chi connectivity index (χ1) is 7.00. The molecule has 1 saturated heterocycles. The minimum absolute atomic E-state index is 0. The van der Waals surface area contributed by atoms with Crippen LogP contribution in [0.4, 0.5) is 0 Å². The smallest absolute Gasteiger partial charge is 0.412 e. The molecular weight excluding hydrogens is 260 g/mol. The van der Waals surface area contributed by atoms with Gasteiger partial charge in [-0.05, 0) is 39.0 Å². The largest absolute Gasteiger partial charge is 4.00 e. The zero-order chi connectivity index (χ0) is 9.90. The molecule has 0 amide bonds. The van der Waals surface area contributed by atoms with Gasteiger partial charge in [0.25, 0.3) is 0 Å². The maximum Gasteiger partial charge on any atom is 4.00 e. The first kappa shape index (κ1) is 22.5. The molecule has 0 unspecified atom stereocenters. The Balaban J connectivity index is -0.000000653. The molecule has 6 nitrogen and oxygen atoms in total. The van der Waals surface area contributed by atoms with E-state index in [4.69, 9.17) is 0 Å². The van der Waals surface area contributed by atoms with Gasteiger partial charge in [-0.3, -0.25) is 0 Å².